The highest BCUT2D eigenvalue weighted by Gasteiger charge is 2.31. The van der Waals surface area contributed by atoms with Gasteiger partial charge in [0.2, 0.25) is 10.0 Å². The zero-order chi connectivity index (χ0) is 16.4. The molecule has 8 heteroatoms. The molecular weight excluding hydrogens is 318 g/mol. The highest BCUT2D eigenvalue weighted by Crippen LogP contribution is 2.32. The molecule has 0 spiro atoms. The molecule has 0 bridgehead atoms. The molecule has 1 heterocycles. The number of hydrogen-bond donors (Lipinski definition) is 1. The van der Waals surface area contributed by atoms with Crippen LogP contribution in [0.5, 0.6) is 0 Å². The minimum atomic E-state index is -3.70. The summed E-state index contributed by atoms with van der Waals surface area (Å²) in [6.45, 7) is 0.960. The van der Waals surface area contributed by atoms with Gasteiger partial charge in [0.15, 0.2) is 0 Å². The Balaban J connectivity index is 1.99. The van der Waals surface area contributed by atoms with Crippen molar-refractivity contribution in [2.24, 2.45) is 0 Å². The van der Waals surface area contributed by atoms with Crippen LogP contribution in [0.3, 0.4) is 0 Å². The third-order valence-corrected chi connectivity index (χ3v) is 6.51. The minimum absolute atomic E-state index is 0.0282. The van der Waals surface area contributed by atoms with Crippen molar-refractivity contribution in [2.45, 2.75) is 49.5 Å². The molecule has 1 aliphatic carbocycles. The summed E-state index contributed by atoms with van der Waals surface area (Å²) in [4.78, 5) is 10.5. The first-order chi connectivity index (χ1) is 11.0. The molecular formula is C15H21N3O4S. The summed E-state index contributed by atoms with van der Waals surface area (Å²) in [5, 5.41) is 14.3. The molecule has 1 aromatic carbocycles. The van der Waals surface area contributed by atoms with Crippen molar-refractivity contribution >= 4 is 21.4 Å². The van der Waals surface area contributed by atoms with Gasteiger partial charge >= 0.3 is 0 Å². The van der Waals surface area contributed by atoms with Crippen molar-refractivity contribution in [3.63, 3.8) is 0 Å². The van der Waals surface area contributed by atoms with Gasteiger partial charge in [0.25, 0.3) is 5.69 Å². The summed E-state index contributed by atoms with van der Waals surface area (Å²) in [5.74, 6) is 0. The molecule has 1 N–H and O–H groups in total. The van der Waals surface area contributed by atoms with Gasteiger partial charge in [-0.25, -0.2) is 8.42 Å². The van der Waals surface area contributed by atoms with E-state index in [1.807, 2.05) is 0 Å². The molecule has 0 radical (unpaired) electrons. The number of nitro benzene ring substituents is 1. The number of rotatable bonds is 5. The first-order valence-electron chi connectivity index (χ1n) is 8.03. The Morgan fingerprint density at radius 3 is 2.39 bits per heavy atom. The Morgan fingerprint density at radius 1 is 1.13 bits per heavy atom. The standard InChI is InChI=1S/C15H21N3O4S/c19-18(20)13-7-8-14(16-12-5-1-2-6-12)15(11-13)23(21,22)17-9-3-4-10-17/h7-8,11-12,16H,1-6,9-10H2. The molecule has 0 amide bonds. The molecule has 23 heavy (non-hydrogen) atoms. The van der Waals surface area contributed by atoms with E-state index in [1.165, 1.54) is 22.5 Å². The Hall–Kier alpha value is -1.67. The Morgan fingerprint density at radius 2 is 1.78 bits per heavy atom. The van der Waals surface area contributed by atoms with Gasteiger partial charge in [0, 0.05) is 31.3 Å². The van der Waals surface area contributed by atoms with Gasteiger partial charge in [-0.1, -0.05) is 12.8 Å². The molecule has 2 aliphatic rings. The predicted octanol–water partition coefficient (Wildman–Crippen LogP) is 2.73. The first-order valence-corrected chi connectivity index (χ1v) is 9.47. The normalized spacial score (nSPS) is 20.0. The third-order valence-electron chi connectivity index (χ3n) is 4.57. The fourth-order valence-electron chi connectivity index (χ4n) is 3.31. The maximum absolute atomic E-state index is 12.9. The number of nitrogens with zero attached hydrogens (tertiary/aromatic N) is 2. The lowest BCUT2D eigenvalue weighted by molar-refractivity contribution is -0.385. The molecule has 0 unspecified atom stereocenters. The third kappa shape index (κ3) is 3.32. The molecule has 7 nitrogen and oxygen atoms in total. The highest BCUT2D eigenvalue weighted by molar-refractivity contribution is 7.89. The van der Waals surface area contributed by atoms with Crippen molar-refractivity contribution in [2.75, 3.05) is 18.4 Å². The van der Waals surface area contributed by atoms with Crippen LogP contribution in [-0.2, 0) is 10.0 Å². The van der Waals surface area contributed by atoms with E-state index in [1.54, 1.807) is 0 Å². The first kappa shape index (κ1) is 16.2. The van der Waals surface area contributed by atoms with Gasteiger partial charge in [0.05, 0.1) is 10.6 Å². The van der Waals surface area contributed by atoms with E-state index in [0.29, 0.717) is 18.8 Å². The van der Waals surface area contributed by atoms with Gasteiger partial charge in [-0.15, -0.1) is 0 Å². The predicted molar refractivity (Wildman–Crippen MR) is 87.0 cm³/mol. The summed E-state index contributed by atoms with van der Waals surface area (Å²) >= 11 is 0. The van der Waals surface area contributed by atoms with E-state index in [-0.39, 0.29) is 16.6 Å². The van der Waals surface area contributed by atoms with Gasteiger partial charge in [-0.2, -0.15) is 4.31 Å². The Labute approximate surface area is 135 Å². The van der Waals surface area contributed by atoms with Crippen LogP contribution >= 0.6 is 0 Å². The van der Waals surface area contributed by atoms with Gasteiger partial charge in [-0.3, -0.25) is 10.1 Å². The van der Waals surface area contributed by atoms with E-state index in [4.69, 9.17) is 0 Å². The second-order valence-electron chi connectivity index (χ2n) is 6.17. The quantitative estimate of drug-likeness (QED) is 0.658. The largest absolute Gasteiger partial charge is 0.381 e. The van der Waals surface area contributed by atoms with E-state index in [0.717, 1.165) is 38.5 Å². The molecule has 3 rings (SSSR count). The lowest BCUT2D eigenvalue weighted by Gasteiger charge is -2.21. The Kier molecular flexibility index (Phi) is 4.54. The maximum atomic E-state index is 12.9. The number of sulfonamides is 1. The summed E-state index contributed by atoms with van der Waals surface area (Å²) in [5.41, 5.74) is 0.286. The van der Waals surface area contributed by atoms with Crippen LogP contribution < -0.4 is 5.32 Å². The van der Waals surface area contributed by atoms with E-state index in [9.17, 15) is 18.5 Å². The fraction of sp³-hybridized carbons (Fsp3) is 0.600. The lowest BCUT2D eigenvalue weighted by Crippen LogP contribution is -2.29. The lowest BCUT2D eigenvalue weighted by atomic mass is 10.2. The summed E-state index contributed by atoms with van der Waals surface area (Å²) < 4.78 is 27.2. The zero-order valence-corrected chi connectivity index (χ0v) is 13.7. The smallest absolute Gasteiger partial charge is 0.270 e. The number of nitro groups is 1. The van der Waals surface area contributed by atoms with Gasteiger partial charge in [0.1, 0.15) is 4.90 Å². The molecule has 126 valence electrons. The van der Waals surface area contributed by atoms with Crippen molar-refractivity contribution in [3.8, 4) is 0 Å². The van der Waals surface area contributed by atoms with Crippen LogP contribution in [0.1, 0.15) is 38.5 Å². The molecule has 0 atom stereocenters. The maximum Gasteiger partial charge on any atom is 0.270 e. The number of anilines is 1. The van der Waals surface area contributed by atoms with E-state index in [2.05, 4.69) is 5.32 Å². The van der Waals surface area contributed by atoms with Crippen LogP contribution in [0.25, 0.3) is 0 Å². The zero-order valence-electron chi connectivity index (χ0n) is 12.9. The summed E-state index contributed by atoms with van der Waals surface area (Å²) in [7, 11) is -3.70. The molecule has 0 aromatic heterocycles. The number of nitrogens with one attached hydrogen (secondary N) is 1. The average Bonchev–Trinajstić information content (AvgIpc) is 3.20. The molecule has 1 aromatic rings. The topological polar surface area (TPSA) is 92.5 Å². The monoisotopic (exact) mass is 339 g/mol. The van der Waals surface area contributed by atoms with Crippen molar-refractivity contribution < 1.29 is 13.3 Å². The second-order valence-corrected chi connectivity index (χ2v) is 8.08. The molecule has 1 aliphatic heterocycles. The van der Waals surface area contributed by atoms with Gasteiger partial charge < -0.3 is 5.32 Å². The number of non-ortho nitro benzene ring substituents is 1. The van der Waals surface area contributed by atoms with Crippen LogP contribution in [0.15, 0.2) is 23.1 Å². The fourth-order valence-corrected chi connectivity index (χ4v) is 5.01. The highest BCUT2D eigenvalue weighted by atomic mass is 32.2. The SMILES string of the molecule is O=[N+]([O-])c1ccc(NC2CCCC2)c(S(=O)(=O)N2CCCC2)c1. The summed E-state index contributed by atoms with van der Waals surface area (Å²) in [6, 6.07) is 4.31. The summed E-state index contributed by atoms with van der Waals surface area (Å²) in [6.07, 6.45) is 5.91. The Bertz CT molecular complexity index is 693. The van der Waals surface area contributed by atoms with Crippen LogP contribution in [0.4, 0.5) is 11.4 Å². The van der Waals surface area contributed by atoms with Crippen LogP contribution in [0.2, 0.25) is 0 Å². The second kappa shape index (κ2) is 6.45. The van der Waals surface area contributed by atoms with E-state index >= 15 is 0 Å². The van der Waals surface area contributed by atoms with Gasteiger partial charge in [-0.05, 0) is 31.7 Å². The van der Waals surface area contributed by atoms with Crippen molar-refractivity contribution in [1.29, 1.82) is 0 Å². The number of hydrogen-bond acceptors (Lipinski definition) is 5. The average molecular weight is 339 g/mol. The van der Waals surface area contributed by atoms with E-state index < -0.39 is 14.9 Å². The molecule has 1 saturated heterocycles. The number of benzene rings is 1. The van der Waals surface area contributed by atoms with Crippen LogP contribution in [0, 0.1) is 10.1 Å². The molecule has 1 saturated carbocycles. The minimum Gasteiger partial charge on any atom is -0.381 e. The molecule has 2 fully saturated rings. The van der Waals surface area contributed by atoms with Crippen molar-refractivity contribution in [1.82, 2.24) is 4.31 Å². The van der Waals surface area contributed by atoms with Crippen LogP contribution in [-0.4, -0.2) is 36.8 Å². The van der Waals surface area contributed by atoms with Crippen molar-refractivity contribution in [3.05, 3.63) is 28.3 Å².